The zero-order valence-electron chi connectivity index (χ0n) is 7.77. The van der Waals surface area contributed by atoms with E-state index in [9.17, 15) is 9.59 Å². The van der Waals surface area contributed by atoms with Crippen molar-refractivity contribution in [1.29, 1.82) is 0 Å². The van der Waals surface area contributed by atoms with E-state index in [1.54, 1.807) is 12.3 Å². The second-order valence-corrected chi connectivity index (χ2v) is 3.94. The first-order valence-electron chi connectivity index (χ1n) is 4.06. The minimum Gasteiger partial charge on any atom is -0.383 e. The Bertz CT molecular complexity index is 388. The molecule has 1 heterocycles. The van der Waals surface area contributed by atoms with Crippen molar-refractivity contribution in [3.05, 3.63) is 22.7 Å². The Morgan fingerprint density at radius 1 is 1.71 bits per heavy atom. The van der Waals surface area contributed by atoms with E-state index in [4.69, 9.17) is 5.73 Å². The van der Waals surface area contributed by atoms with E-state index in [-0.39, 0.29) is 16.6 Å². The van der Waals surface area contributed by atoms with Crippen molar-refractivity contribution in [1.82, 2.24) is 9.55 Å². The molecular formula is C8H11N3O2S. The molecule has 0 bridgehead atoms. The van der Waals surface area contributed by atoms with Gasteiger partial charge in [-0.3, -0.25) is 9.36 Å². The molecule has 0 aliphatic carbocycles. The maximum atomic E-state index is 11.2. The number of nitrogen functional groups attached to an aromatic ring is 1. The van der Waals surface area contributed by atoms with Gasteiger partial charge in [0.1, 0.15) is 5.82 Å². The Morgan fingerprint density at radius 2 is 2.43 bits per heavy atom. The molecule has 6 heteroatoms. The molecule has 0 spiro atoms. The van der Waals surface area contributed by atoms with Crippen molar-refractivity contribution in [2.24, 2.45) is 0 Å². The van der Waals surface area contributed by atoms with Crippen molar-refractivity contribution in [3.63, 3.8) is 0 Å². The first kappa shape index (κ1) is 10.8. The number of carbonyl (C=O) groups is 1. The number of nitrogens with zero attached hydrogens (tertiary/aromatic N) is 2. The van der Waals surface area contributed by atoms with Crippen LogP contribution >= 0.6 is 11.8 Å². The van der Waals surface area contributed by atoms with Crippen LogP contribution in [-0.2, 0) is 11.3 Å². The van der Waals surface area contributed by atoms with Gasteiger partial charge in [-0.25, -0.2) is 4.79 Å². The third kappa shape index (κ3) is 3.21. The number of aromatic nitrogens is 2. The van der Waals surface area contributed by atoms with Gasteiger partial charge in [0.05, 0.1) is 0 Å². The lowest BCUT2D eigenvalue weighted by Gasteiger charge is -2.02. The molecule has 1 rings (SSSR count). The van der Waals surface area contributed by atoms with Gasteiger partial charge >= 0.3 is 5.69 Å². The second kappa shape index (κ2) is 4.80. The van der Waals surface area contributed by atoms with E-state index in [0.29, 0.717) is 12.3 Å². The lowest BCUT2D eigenvalue weighted by Crippen LogP contribution is -2.24. The molecule has 0 saturated carbocycles. The Kier molecular flexibility index (Phi) is 3.70. The highest BCUT2D eigenvalue weighted by Gasteiger charge is 1.99. The van der Waals surface area contributed by atoms with Gasteiger partial charge in [-0.2, -0.15) is 4.98 Å². The van der Waals surface area contributed by atoms with Crippen LogP contribution in [0.25, 0.3) is 0 Å². The highest BCUT2D eigenvalue weighted by Crippen LogP contribution is 2.01. The van der Waals surface area contributed by atoms with Crippen molar-refractivity contribution < 1.29 is 4.79 Å². The summed E-state index contributed by atoms with van der Waals surface area (Å²) in [5.41, 5.74) is 4.94. The van der Waals surface area contributed by atoms with Gasteiger partial charge in [-0.05, 0) is 6.07 Å². The smallest absolute Gasteiger partial charge is 0.349 e. The largest absolute Gasteiger partial charge is 0.383 e. The molecular weight excluding hydrogens is 202 g/mol. The number of thioether (sulfide) groups is 1. The van der Waals surface area contributed by atoms with Gasteiger partial charge in [-0.15, -0.1) is 0 Å². The fourth-order valence-corrected chi connectivity index (χ4v) is 1.48. The van der Waals surface area contributed by atoms with Gasteiger partial charge in [0.2, 0.25) is 0 Å². The second-order valence-electron chi connectivity index (χ2n) is 2.67. The molecule has 0 unspecified atom stereocenters. The van der Waals surface area contributed by atoms with Gasteiger partial charge in [0.25, 0.3) is 0 Å². The van der Waals surface area contributed by atoms with Crippen LogP contribution in [0.1, 0.15) is 6.92 Å². The number of rotatable bonds is 3. The van der Waals surface area contributed by atoms with E-state index >= 15 is 0 Å². The summed E-state index contributed by atoms with van der Waals surface area (Å²) in [6.45, 7) is 1.96. The molecule has 0 amide bonds. The summed E-state index contributed by atoms with van der Waals surface area (Å²) in [7, 11) is 0. The summed E-state index contributed by atoms with van der Waals surface area (Å²) >= 11 is 1.18. The molecule has 2 N–H and O–H groups in total. The molecule has 0 aromatic carbocycles. The normalized spacial score (nSPS) is 10.1. The summed E-state index contributed by atoms with van der Waals surface area (Å²) in [6.07, 6.45) is 1.57. The lowest BCUT2D eigenvalue weighted by atomic mass is 10.6. The summed E-state index contributed by atoms with van der Waals surface area (Å²) in [4.78, 5) is 25.4. The quantitative estimate of drug-likeness (QED) is 0.770. The number of hydrogen-bond acceptors (Lipinski definition) is 5. The molecule has 0 radical (unpaired) electrons. The fraction of sp³-hybridized carbons (Fsp3) is 0.375. The van der Waals surface area contributed by atoms with Crippen LogP contribution in [0, 0.1) is 0 Å². The van der Waals surface area contributed by atoms with Crippen molar-refractivity contribution in [2.45, 2.75) is 13.5 Å². The highest BCUT2D eigenvalue weighted by atomic mass is 32.2. The molecule has 1 aromatic rings. The van der Waals surface area contributed by atoms with Gasteiger partial charge in [0.15, 0.2) is 5.12 Å². The molecule has 0 atom stereocenters. The van der Waals surface area contributed by atoms with Crippen LogP contribution in [-0.4, -0.2) is 20.4 Å². The van der Waals surface area contributed by atoms with E-state index < -0.39 is 0 Å². The average Bonchev–Trinajstić information content (AvgIpc) is 2.08. The molecule has 0 fully saturated rings. The minimum atomic E-state index is -0.380. The van der Waals surface area contributed by atoms with Gasteiger partial charge in [0, 0.05) is 25.4 Å². The Morgan fingerprint density at radius 3 is 3.00 bits per heavy atom. The topological polar surface area (TPSA) is 78.0 Å². The van der Waals surface area contributed by atoms with Crippen LogP contribution in [0.5, 0.6) is 0 Å². The number of carbonyl (C=O) groups excluding carboxylic acids is 1. The first-order valence-corrected chi connectivity index (χ1v) is 5.04. The molecule has 5 nitrogen and oxygen atoms in total. The van der Waals surface area contributed by atoms with E-state index in [1.807, 2.05) is 0 Å². The van der Waals surface area contributed by atoms with Crippen molar-refractivity contribution in [3.8, 4) is 0 Å². The number of nitrogens with two attached hydrogens (primary N) is 1. The SMILES string of the molecule is CC(=O)SCCn1ccc(N)nc1=O. The van der Waals surface area contributed by atoms with E-state index in [0.717, 1.165) is 0 Å². The van der Waals surface area contributed by atoms with Gasteiger partial charge in [-0.1, -0.05) is 11.8 Å². The van der Waals surface area contributed by atoms with Crippen LogP contribution in [0.15, 0.2) is 17.1 Å². The zero-order chi connectivity index (χ0) is 10.6. The molecule has 76 valence electrons. The summed E-state index contributed by atoms with van der Waals surface area (Å²) < 4.78 is 1.42. The molecule has 14 heavy (non-hydrogen) atoms. The maximum Gasteiger partial charge on any atom is 0.349 e. The van der Waals surface area contributed by atoms with Gasteiger partial charge < -0.3 is 5.73 Å². The van der Waals surface area contributed by atoms with E-state index in [2.05, 4.69) is 4.98 Å². The fourth-order valence-electron chi connectivity index (χ4n) is 0.900. The van der Waals surface area contributed by atoms with Crippen LogP contribution in [0.4, 0.5) is 5.82 Å². The Hall–Kier alpha value is -1.30. The van der Waals surface area contributed by atoms with Crippen LogP contribution in [0.2, 0.25) is 0 Å². The average molecular weight is 213 g/mol. The molecule has 1 aromatic heterocycles. The first-order chi connectivity index (χ1) is 6.59. The zero-order valence-corrected chi connectivity index (χ0v) is 8.58. The van der Waals surface area contributed by atoms with Crippen LogP contribution in [0.3, 0.4) is 0 Å². The van der Waals surface area contributed by atoms with Crippen molar-refractivity contribution >= 4 is 22.7 Å². The summed E-state index contributed by atoms with van der Waals surface area (Å²) in [5, 5.41) is 0.0430. The molecule has 0 saturated heterocycles. The third-order valence-electron chi connectivity index (χ3n) is 1.53. The van der Waals surface area contributed by atoms with Crippen molar-refractivity contribution in [2.75, 3.05) is 11.5 Å². The molecule has 0 aliphatic heterocycles. The number of hydrogen-bond donors (Lipinski definition) is 1. The number of aryl methyl sites for hydroxylation is 1. The standard InChI is InChI=1S/C8H11N3O2S/c1-6(12)14-5-4-11-3-2-7(9)10-8(11)13/h2-3H,4-5H2,1H3,(H2,9,10,13). The third-order valence-corrected chi connectivity index (χ3v) is 2.33. The van der Waals surface area contributed by atoms with Crippen LogP contribution < -0.4 is 11.4 Å². The predicted octanol–water partition coefficient (Wildman–Crippen LogP) is 0.105. The summed E-state index contributed by atoms with van der Waals surface area (Å²) in [6, 6.07) is 1.56. The lowest BCUT2D eigenvalue weighted by molar-refractivity contribution is -0.109. The minimum absolute atomic E-state index is 0.0430. The maximum absolute atomic E-state index is 11.2. The Labute approximate surface area is 85.3 Å². The molecule has 0 aliphatic rings. The highest BCUT2D eigenvalue weighted by molar-refractivity contribution is 8.13. The predicted molar refractivity (Wildman–Crippen MR) is 56.0 cm³/mol. The summed E-state index contributed by atoms with van der Waals surface area (Å²) in [5.74, 6) is 0.784. The Balaban J connectivity index is 2.59. The van der Waals surface area contributed by atoms with E-state index in [1.165, 1.54) is 23.3 Å². The monoisotopic (exact) mass is 213 g/mol. The number of anilines is 1.